The van der Waals surface area contributed by atoms with Gasteiger partial charge in [-0.15, -0.1) is 0 Å². The number of hydrogen-bond donors (Lipinski definition) is 9. The van der Waals surface area contributed by atoms with Crippen LogP contribution in [0, 0.1) is 0 Å². The van der Waals surface area contributed by atoms with Crippen LogP contribution < -0.4 is 5.32 Å². The maximum Gasteiger partial charge on any atom is 0.335 e. The van der Waals surface area contributed by atoms with Crippen molar-refractivity contribution in [3.8, 4) is 0 Å². The van der Waals surface area contributed by atoms with Crippen LogP contribution in [0.3, 0.4) is 0 Å². The first-order valence-corrected chi connectivity index (χ1v) is 13.5. The Morgan fingerprint density at radius 2 is 1.22 bits per heavy atom. The number of carbonyl (C=O) groups is 4. The van der Waals surface area contributed by atoms with Gasteiger partial charge in [-0.1, -0.05) is 48.5 Å². The van der Waals surface area contributed by atoms with Crippen LogP contribution in [0.1, 0.15) is 44.1 Å². The summed E-state index contributed by atoms with van der Waals surface area (Å²) in [5.74, 6) is -7.07. The van der Waals surface area contributed by atoms with E-state index >= 15 is 0 Å². The molecule has 1 aliphatic carbocycles. The fourth-order valence-corrected chi connectivity index (χ4v) is 4.75. The van der Waals surface area contributed by atoms with E-state index in [9.17, 15) is 19.2 Å². The van der Waals surface area contributed by atoms with E-state index in [1.807, 2.05) is 12.1 Å². The molecule has 16 heteroatoms. The largest absolute Gasteiger partial charge is 0.479 e. The van der Waals surface area contributed by atoms with Crippen molar-refractivity contribution in [2.24, 2.45) is 0 Å². The highest BCUT2D eigenvalue weighted by atomic mass is 35.5. The van der Waals surface area contributed by atoms with Crippen molar-refractivity contribution in [2.45, 2.75) is 81.6 Å². The van der Waals surface area contributed by atoms with Gasteiger partial charge in [0.15, 0.2) is 24.4 Å². The SMILES string of the molecule is Clc1ccc(CN(C2CCCCC2)[C@H]2CCNC2)c(Cl)c1.O=C(O)[C@@H](O)[C@H](O)C(=O)O.O=C(O)[C@@H](O)[C@H](O)C(=O)O. The van der Waals surface area contributed by atoms with E-state index in [1.165, 1.54) is 44.1 Å². The lowest BCUT2D eigenvalue weighted by Gasteiger charge is -2.38. The Kier molecular flexibility index (Phi) is 16.1. The Bertz CT molecular complexity index is 946. The summed E-state index contributed by atoms with van der Waals surface area (Å²) in [4.78, 5) is 41.8. The molecule has 0 aromatic heterocycles. The molecule has 5 atom stereocenters. The van der Waals surface area contributed by atoms with E-state index in [0.717, 1.165) is 35.7 Å². The zero-order valence-electron chi connectivity index (χ0n) is 22.0. The van der Waals surface area contributed by atoms with Gasteiger partial charge in [0.25, 0.3) is 0 Å². The third-order valence-electron chi connectivity index (χ3n) is 6.53. The molecule has 0 bridgehead atoms. The lowest BCUT2D eigenvalue weighted by atomic mass is 9.92. The van der Waals surface area contributed by atoms with Crippen LogP contribution in [-0.2, 0) is 25.7 Å². The predicted molar refractivity (Wildman–Crippen MR) is 145 cm³/mol. The monoisotopic (exact) mass is 626 g/mol. The van der Waals surface area contributed by atoms with Gasteiger partial charge in [0.2, 0.25) is 0 Å². The third-order valence-corrected chi connectivity index (χ3v) is 7.11. The van der Waals surface area contributed by atoms with Crippen molar-refractivity contribution < 1.29 is 60.0 Å². The Balaban J connectivity index is 0.000000355. The molecule has 1 aliphatic heterocycles. The van der Waals surface area contributed by atoms with Gasteiger partial charge >= 0.3 is 23.9 Å². The highest BCUT2D eigenvalue weighted by Gasteiger charge is 2.31. The molecular formula is C25H36Cl2N2O12. The summed E-state index contributed by atoms with van der Waals surface area (Å²) >= 11 is 12.4. The number of aliphatic hydroxyl groups is 4. The second-order valence-corrected chi connectivity index (χ2v) is 10.3. The molecular weight excluding hydrogens is 591 g/mol. The van der Waals surface area contributed by atoms with Crippen molar-refractivity contribution >= 4 is 47.1 Å². The van der Waals surface area contributed by atoms with Crippen LogP contribution in [-0.4, -0.2) is 119 Å². The molecule has 1 saturated carbocycles. The topological polar surface area (TPSA) is 245 Å². The van der Waals surface area contributed by atoms with Crippen LogP contribution >= 0.6 is 23.2 Å². The summed E-state index contributed by atoms with van der Waals surface area (Å²) in [6.45, 7) is 3.21. The number of halogens is 2. The molecule has 2 fully saturated rings. The molecule has 2 aliphatic rings. The number of nitrogens with one attached hydrogen (secondary N) is 1. The van der Waals surface area contributed by atoms with E-state index in [4.69, 9.17) is 64.1 Å². The zero-order valence-corrected chi connectivity index (χ0v) is 23.5. The van der Waals surface area contributed by atoms with E-state index in [1.54, 1.807) is 0 Å². The number of aliphatic hydroxyl groups excluding tert-OH is 4. The first-order valence-electron chi connectivity index (χ1n) is 12.7. The molecule has 1 saturated heterocycles. The number of hydrogen-bond acceptors (Lipinski definition) is 10. The maximum absolute atomic E-state index is 9.77. The number of carboxylic acids is 4. The number of benzene rings is 1. The fraction of sp³-hybridized carbons (Fsp3) is 0.600. The predicted octanol–water partition coefficient (Wildman–Crippen LogP) is 0.245. The summed E-state index contributed by atoms with van der Waals surface area (Å²) in [7, 11) is 0. The Morgan fingerprint density at radius 3 is 1.59 bits per heavy atom. The molecule has 3 rings (SSSR count). The van der Waals surface area contributed by atoms with E-state index in [2.05, 4.69) is 16.3 Å². The van der Waals surface area contributed by atoms with Crippen LogP contribution in [0.2, 0.25) is 10.0 Å². The lowest BCUT2D eigenvalue weighted by Crippen LogP contribution is -2.44. The average molecular weight is 627 g/mol. The molecule has 41 heavy (non-hydrogen) atoms. The van der Waals surface area contributed by atoms with Crippen molar-refractivity contribution in [1.82, 2.24) is 10.2 Å². The smallest absolute Gasteiger partial charge is 0.335 e. The zero-order chi connectivity index (χ0) is 31.3. The summed E-state index contributed by atoms with van der Waals surface area (Å²) in [6, 6.07) is 7.28. The van der Waals surface area contributed by atoms with Gasteiger partial charge in [0, 0.05) is 35.2 Å². The van der Waals surface area contributed by atoms with Crippen LogP contribution in [0.4, 0.5) is 0 Å². The van der Waals surface area contributed by atoms with Gasteiger partial charge in [-0.3, -0.25) is 4.90 Å². The van der Waals surface area contributed by atoms with Crippen molar-refractivity contribution in [1.29, 1.82) is 0 Å². The van der Waals surface area contributed by atoms with Crippen molar-refractivity contribution in [2.75, 3.05) is 13.1 Å². The minimum absolute atomic E-state index is 0.653. The molecule has 14 nitrogen and oxygen atoms in total. The van der Waals surface area contributed by atoms with Gasteiger partial charge in [-0.25, -0.2) is 19.2 Å². The summed E-state index contributed by atoms with van der Waals surface area (Å²) in [6.07, 6.45) is -1.00. The number of carboxylic acid groups (broad SMARTS) is 4. The number of rotatable bonds is 10. The molecule has 232 valence electrons. The molecule has 9 N–H and O–H groups in total. The van der Waals surface area contributed by atoms with Gasteiger partial charge in [-0.05, 0) is 43.5 Å². The van der Waals surface area contributed by atoms with Gasteiger partial charge in [0.05, 0.1) is 0 Å². The van der Waals surface area contributed by atoms with Crippen LogP contribution in [0.25, 0.3) is 0 Å². The molecule has 1 aromatic rings. The second-order valence-electron chi connectivity index (χ2n) is 9.48. The summed E-state index contributed by atoms with van der Waals surface area (Å²) in [5, 5.41) is 70.1. The van der Waals surface area contributed by atoms with E-state index in [-0.39, 0.29) is 0 Å². The standard InChI is InChI=1S/C17H24Cl2N2.2C4H6O6/c18-14-7-6-13(17(19)10-14)12-21(16-8-9-20-11-16)15-4-2-1-3-5-15;2*5-1(3(7)8)2(6)4(9)10/h6-7,10,15-16,20H,1-5,8-9,11-12H2;2*1-2,5-6H,(H,7,8)(H,9,10)/t16-;2*1-,2-/m000/s1. The van der Waals surface area contributed by atoms with E-state index in [0.29, 0.717) is 6.04 Å². The van der Waals surface area contributed by atoms with Crippen molar-refractivity contribution in [3.63, 3.8) is 0 Å². The summed E-state index contributed by atoms with van der Waals surface area (Å²) < 4.78 is 0. The van der Waals surface area contributed by atoms with E-state index < -0.39 is 48.3 Å². The third kappa shape index (κ3) is 12.5. The lowest BCUT2D eigenvalue weighted by molar-refractivity contribution is -0.165. The highest BCUT2D eigenvalue weighted by molar-refractivity contribution is 6.35. The molecule has 1 aromatic carbocycles. The average Bonchev–Trinajstić information content (AvgIpc) is 3.46. The molecule has 1 heterocycles. The first-order chi connectivity index (χ1) is 19.2. The number of nitrogens with zero attached hydrogens (tertiary/aromatic N) is 1. The minimum Gasteiger partial charge on any atom is -0.479 e. The number of aliphatic carboxylic acids is 4. The van der Waals surface area contributed by atoms with Crippen LogP contribution in [0.5, 0.6) is 0 Å². The maximum atomic E-state index is 9.77. The molecule has 0 unspecified atom stereocenters. The fourth-order valence-electron chi connectivity index (χ4n) is 4.28. The van der Waals surface area contributed by atoms with Gasteiger partial charge < -0.3 is 46.2 Å². The normalized spacial score (nSPS) is 19.9. The Labute approximate surface area is 245 Å². The second kappa shape index (κ2) is 18.1. The van der Waals surface area contributed by atoms with Crippen LogP contribution in [0.15, 0.2) is 18.2 Å². The Morgan fingerprint density at radius 1 is 0.756 bits per heavy atom. The van der Waals surface area contributed by atoms with Gasteiger partial charge in [0.1, 0.15) is 0 Å². The molecule has 0 amide bonds. The quantitative estimate of drug-likeness (QED) is 0.169. The first kappa shape index (κ1) is 36.5. The minimum atomic E-state index is -2.27. The highest BCUT2D eigenvalue weighted by Crippen LogP contribution is 2.30. The van der Waals surface area contributed by atoms with Crippen molar-refractivity contribution in [3.05, 3.63) is 33.8 Å². The van der Waals surface area contributed by atoms with Gasteiger partial charge in [-0.2, -0.15) is 0 Å². The molecule has 0 radical (unpaired) electrons. The Hall–Kier alpha value is -2.56. The summed E-state index contributed by atoms with van der Waals surface area (Å²) in [5.41, 5.74) is 1.21. The molecule has 0 spiro atoms.